The molecule has 0 N–H and O–H groups in total. The average molecular weight is 220 g/mol. The maximum atomic E-state index is 11.6. The molecule has 0 atom stereocenters. The van der Waals surface area contributed by atoms with Gasteiger partial charge in [-0.15, -0.1) is 0 Å². The maximum absolute atomic E-state index is 11.6. The molecule has 2 heteroatoms. The molecule has 0 aromatic heterocycles. The molecule has 16 heavy (non-hydrogen) atoms. The van der Waals surface area contributed by atoms with Crippen LogP contribution in [-0.2, 0) is 16.0 Å². The molecule has 1 rings (SSSR count). The van der Waals surface area contributed by atoms with Crippen LogP contribution >= 0.6 is 0 Å². The largest absolute Gasteiger partial charge is 0.368 e. The van der Waals surface area contributed by atoms with E-state index in [4.69, 9.17) is 4.74 Å². The quantitative estimate of drug-likeness (QED) is 0.780. The summed E-state index contributed by atoms with van der Waals surface area (Å²) in [5.41, 5.74) is 1.99. The van der Waals surface area contributed by atoms with Crippen LogP contribution in [0.5, 0.6) is 0 Å². The predicted octanol–water partition coefficient (Wildman–Crippen LogP) is 2.92. The molecule has 0 unspecified atom stereocenters. The Bertz CT molecular complexity index is 361. The van der Waals surface area contributed by atoms with Crippen molar-refractivity contribution in [2.24, 2.45) is 0 Å². The Balaban J connectivity index is 2.46. The number of ketones is 1. The molecule has 0 spiro atoms. The van der Waals surface area contributed by atoms with Crippen LogP contribution < -0.4 is 0 Å². The van der Waals surface area contributed by atoms with Gasteiger partial charge in [-0.05, 0) is 33.3 Å². The zero-order chi connectivity index (χ0) is 12.2. The molecular weight excluding hydrogens is 200 g/mol. The molecule has 0 fully saturated rings. The van der Waals surface area contributed by atoms with E-state index in [1.54, 1.807) is 0 Å². The van der Waals surface area contributed by atoms with Gasteiger partial charge >= 0.3 is 0 Å². The number of ether oxygens (including phenoxy) is 1. The number of Topliss-reactive ketones (excluding diaryl/α,β-unsaturated/α-hetero) is 1. The van der Waals surface area contributed by atoms with Crippen LogP contribution in [0, 0.1) is 6.92 Å². The Morgan fingerprint density at radius 3 is 2.56 bits per heavy atom. The summed E-state index contributed by atoms with van der Waals surface area (Å²) >= 11 is 0. The van der Waals surface area contributed by atoms with Gasteiger partial charge in [0.2, 0.25) is 0 Å². The molecule has 0 aliphatic heterocycles. The van der Waals surface area contributed by atoms with Crippen molar-refractivity contribution in [2.75, 3.05) is 6.61 Å². The van der Waals surface area contributed by atoms with E-state index in [-0.39, 0.29) is 18.0 Å². The third-order valence-corrected chi connectivity index (χ3v) is 2.15. The Morgan fingerprint density at radius 2 is 2.00 bits per heavy atom. The first kappa shape index (κ1) is 12.9. The zero-order valence-electron chi connectivity index (χ0n) is 10.5. The smallest absolute Gasteiger partial charge is 0.162 e. The van der Waals surface area contributed by atoms with E-state index in [9.17, 15) is 4.79 Å². The highest BCUT2D eigenvalue weighted by Gasteiger charge is 2.13. The highest BCUT2D eigenvalue weighted by atomic mass is 16.5. The number of hydrogen-bond acceptors (Lipinski definition) is 2. The van der Waals surface area contributed by atoms with Crippen LogP contribution in [0.1, 0.15) is 31.9 Å². The molecule has 0 heterocycles. The lowest BCUT2D eigenvalue weighted by Crippen LogP contribution is -2.24. The minimum Gasteiger partial charge on any atom is -0.368 e. The van der Waals surface area contributed by atoms with Gasteiger partial charge in [-0.25, -0.2) is 0 Å². The molecule has 1 aromatic rings. The third kappa shape index (κ3) is 5.08. The lowest BCUT2D eigenvalue weighted by molar-refractivity contribution is -0.127. The molecule has 0 saturated heterocycles. The number of rotatable bonds is 4. The fraction of sp³-hybridized carbons (Fsp3) is 0.500. The van der Waals surface area contributed by atoms with Crippen molar-refractivity contribution in [3.63, 3.8) is 0 Å². The highest BCUT2D eigenvalue weighted by Crippen LogP contribution is 2.08. The van der Waals surface area contributed by atoms with Crippen molar-refractivity contribution < 1.29 is 9.53 Å². The summed E-state index contributed by atoms with van der Waals surface area (Å²) in [6.07, 6.45) is 0.456. The van der Waals surface area contributed by atoms with E-state index >= 15 is 0 Å². The molecule has 0 radical (unpaired) electrons. The van der Waals surface area contributed by atoms with E-state index in [2.05, 4.69) is 0 Å². The standard InChI is InChI=1S/C14H20O2/c1-11-6-5-7-12(8-11)9-13(15)10-16-14(2,3)4/h5-8H,9-10H2,1-4H3. The first-order chi connectivity index (χ1) is 7.37. The maximum Gasteiger partial charge on any atom is 0.162 e. The summed E-state index contributed by atoms with van der Waals surface area (Å²) in [5.74, 6) is 0.125. The second-order valence-corrected chi connectivity index (χ2v) is 5.11. The van der Waals surface area contributed by atoms with Gasteiger partial charge in [0, 0.05) is 6.42 Å². The lowest BCUT2D eigenvalue weighted by atomic mass is 10.1. The monoisotopic (exact) mass is 220 g/mol. The Kier molecular flexibility index (Phi) is 4.25. The SMILES string of the molecule is Cc1cccc(CC(=O)COC(C)(C)C)c1. The molecule has 0 aliphatic rings. The molecule has 1 aromatic carbocycles. The van der Waals surface area contributed by atoms with E-state index in [1.165, 1.54) is 5.56 Å². The third-order valence-electron chi connectivity index (χ3n) is 2.15. The van der Waals surface area contributed by atoms with Gasteiger partial charge in [-0.3, -0.25) is 4.79 Å². The van der Waals surface area contributed by atoms with E-state index in [0.717, 1.165) is 5.56 Å². The minimum atomic E-state index is -0.248. The van der Waals surface area contributed by atoms with Crippen LogP contribution in [-0.4, -0.2) is 18.0 Å². The fourth-order valence-electron chi connectivity index (χ4n) is 1.40. The minimum absolute atomic E-state index is 0.125. The predicted molar refractivity (Wildman–Crippen MR) is 65.6 cm³/mol. The van der Waals surface area contributed by atoms with Crippen LogP contribution in [0.4, 0.5) is 0 Å². The first-order valence-corrected chi connectivity index (χ1v) is 5.58. The summed E-state index contributed by atoms with van der Waals surface area (Å²) in [7, 11) is 0. The van der Waals surface area contributed by atoms with Gasteiger partial charge in [-0.1, -0.05) is 29.8 Å². The molecule has 0 aliphatic carbocycles. The second-order valence-electron chi connectivity index (χ2n) is 5.11. The van der Waals surface area contributed by atoms with Crippen molar-refractivity contribution >= 4 is 5.78 Å². The van der Waals surface area contributed by atoms with Crippen LogP contribution in [0.2, 0.25) is 0 Å². The Hall–Kier alpha value is -1.15. The van der Waals surface area contributed by atoms with Crippen LogP contribution in [0.3, 0.4) is 0 Å². The van der Waals surface area contributed by atoms with Gasteiger partial charge in [0.1, 0.15) is 6.61 Å². The lowest BCUT2D eigenvalue weighted by Gasteiger charge is -2.18. The van der Waals surface area contributed by atoms with Gasteiger partial charge in [0.25, 0.3) is 0 Å². The number of benzene rings is 1. The second kappa shape index (κ2) is 5.26. The summed E-state index contributed by atoms with van der Waals surface area (Å²) in [4.78, 5) is 11.6. The summed E-state index contributed by atoms with van der Waals surface area (Å²) < 4.78 is 5.44. The van der Waals surface area contributed by atoms with Gasteiger partial charge in [0.05, 0.1) is 5.60 Å². The van der Waals surface area contributed by atoms with Crippen molar-refractivity contribution in [1.82, 2.24) is 0 Å². The van der Waals surface area contributed by atoms with Crippen molar-refractivity contribution in [3.05, 3.63) is 35.4 Å². The first-order valence-electron chi connectivity index (χ1n) is 5.58. The van der Waals surface area contributed by atoms with E-state index in [0.29, 0.717) is 6.42 Å². The molecular formula is C14H20O2. The fourth-order valence-corrected chi connectivity index (χ4v) is 1.40. The molecule has 88 valence electrons. The van der Waals surface area contributed by atoms with Crippen LogP contribution in [0.25, 0.3) is 0 Å². The number of aryl methyl sites for hydroxylation is 1. The summed E-state index contributed by atoms with van der Waals surface area (Å²) in [6, 6.07) is 8.01. The summed E-state index contributed by atoms with van der Waals surface area (Å²) in [5, 5.41) is 0. The van der Waals surface area contributed by atoms with Gasteiger partial charge in [0.15, 0.2) is 5.78 Å². The Morgan fingerprint density at radius 1 is 1.31 bits per heavy atom. The van der Waals surface area contributed by atoms with Gasteiger partial charge in [-0.2, -0.15) is 0 Å². The van der Waals surface area contributed by atoms with Crippen LogP contribution in [0.15, 0.2) is 24.3 Å². The average Bonchev–Trinajstić information content (AvgIpc) is 2.14. The van der Waals surface area contributed by atoms with E-state index in [1.807, 2.05) is 52.0 Å². The van der Waals surface area contributed by atoms with Crippen molar-refractivity contribution in [2.45, 2.75) is 39.7 Å². The van der Waals surface area contributed by atoms with Gasteiger partial charge < -0.3 is 4.74 Å². The number of carbonyl (C=O) groups is 1. The van der Waals surface area contributed by atoms with Crippen molar-refractivity contribution in [1.29, 1.82) is 0 Å². The molecule has 0 saturated carbocycles. The van der Waals surface area contributed by atoms with Crippen molar-refractivity contribution in [3.8, 4) is 0 Å². The molecule has 0 bridgehead atoms. The molecule has 2 nitrogen and oxygen atoms in total. The van der Waals surface area contributed by atoms with E-state index < -0.39 is 0 Å². The highest BCUT2D eigenvalue weighted by molar-refractivity contribution is 5.82. The number of hydrogen-bond donors (Lipinski definition) is 0. The zero-order valence-corrected chi connectivity index (χ0v) is 10.5. The normalized spacial score (nSPS) is 11.5. The number of carbonyl (C=O) groups excluding carboxylic acids is 1. The topological polar surface area (TPSA) is 26.3 Å². The summed E-state index contributed by atoms with van der Waals surface area (Å²) in [6.45, 7) is 8.07. The molecule has 0 amide bonds. The Labute approximate surface area is 97.6 Å².